The summed E-state index contributed by atoms with van der Waals surface area (Å²) in [5, 5.41) is 1.07. The fourth-order valence-corrected chi connectivity index (χ4v) is 5.82. The highest BCUT2D eigenvalue weighted by molar-refractivity contribution is 7.99. The Kier molecular flexibility index (Phi) is 5.98. The highest BCUT2D eigenvalue weighted by Crippen LogP contribution is 2.26. The number of para-hydroxylation sites is 1. The first-order valence-electron chi connectivity index (χ1n) is 9.69. The molecule has 0 bridgehead atoms. The van der Waals surface area contributed by atoms with Gasteiger partial charge in [0.25, 0.3) is 0 Å². The van der Waals surface area contributed by atoms with Crippen LogP contribution in [0, 0.1) is 5.92 Å². The Morgan fingerprint density at radius 1 is 1.07 bits per heavy atom. The van der Waals surface area contributed by atoms with Crippen molar-refractivity contribution in [3.63, 3.8) is 0 Å². The summed E-state index contributed by atoms with van der Waals surface area (Å²) in [4.78, 5) is 33.5. The van der Waals surface area contributed by atoms with E-state index in [0.29, 0.717) is 24.7 Å². The Morgan fingerprint density at radius 3 is 2.56 bits per heavy atom. The van der Waals surface area contributed by atoms with Gasteiger partial charge in [0.05, 0.1) is 16.0 Å². The van der Waals surface area contributed by atoms with Crippen LogP contribution < -0.4 is 0 Å². The van der Waals surface area contributed by atoms with Gasteiger partial charge in [0.1, 0.15) is 5.01 Å². The van der Waals surface area contributed by atoms with Crippen molar-refractivity contribution in [1.82, 2.24) is 14.8 Å². The summed E-state index contributed by atoms with van der Waals surface area (Å²) < 4.78 is 1.20. The third-order valence-corrected chi connectivity index (χ3v) is 7.55. The molecule has 0 saturated carbocycles. The smallest absolute Gasteiger partial charge is 0.232 e. The standard InChI is InChI=1S/C20H25N3O2S2/c24-19(14-26-13-18-21-16-5-1-2-6-17(16)27-18)22-11-7-15(8-12-22)20(25)23-9-3-4-10-23/h1-2,5-6,15H,3-4,7-14H2. The minimum absolute atomic E-state index is 0.113. The minimum atomic E-state index is 0.113. The highest BCUT2D eigenvalue weighted by atomic mass is 32.2. The molecule has 2 amide bonds. The second kappa shape index (κ2) is 8.61. The summed E-state index contributed by atoms with van der Waals surface area (Å²) in [6.07, 6.45) is 3.89. The third kappa shape index (κ3) is 4.46. The lowest BCUT2D eigenvalue weighted by Gasteiger charge is -2.33. The predicted molar refractivity (Wildman–Crippen MR) is 111 cm³/mol. The van der Waals surface area contributed by atoms with Crippen LogP contribution in [0.5, 0.6) is 0 Å². The van der Waals surface area contributed by atoms with E-state index in [2.05, 4.69) is 11.1 Å². The number of rotatable bonds is 5. The normalized spacial score (nSPS) is 18.4. The summed E-state index contributed by atoms with van der Waals surface area (Å²) in [6, 6.07) is 8.14. The molecule has 2 fully saturated rings. The van der Waals surface area contributed by atoms with E-state index in [1.165, 1.54) is 4.70 Å². The zero-order valence-electron chi connectivity index (χ0n) is 15.4. The lowest BCUT2D eigenvalue weighted by atomic mass is 9.95. The number of benzene rings is 1. The number of aromatic nitrogens is 1. The average molecular weight is 404 g/mol. The minimum Gasteiger partial charge on any atom is -0.342 e. The molecule has 0 aliphatic carbocycles. The van der Waals surface area contributed by atoms with Gasteiger partial charge in [0, 0.05) is 37.8 Å². The molecule has 0 atom stereocenters. The summed E-state index contributed by atoms with van der Waals surface area (Å²) >= 11 is 3.33. The van der Waals surface area contributed by atoms with Crippen molar-refractivity contribution >= 4 is 45.1 Å². The molecule has 0 spiro atoms. The maximum atomic E-state index is 12.5. The maximum Gasteiger partial charge on any atom is 0.232 e. The predicted octanol–water partition coefficient (Wildman–Crippen LogP) is 3.39. The Labute approximate surface area is 168 Å². The highest BCUT2D eigenvalue weighted by Gasteiger charge is 2.31. The number of amides is 2. The number of carbonyl (C=O) groups excluding carboxylic acids is 2. The van der Waals surface area contributed by atoms with Crippen LogP contribution in [0.4, 0.5) is 0 Å². The monoisotopic (exact) mass is 403 g/mol. The van der Waals surface area contributed by atoms with E-state index in [9.17, 15) is 9.59 Å². The molecule has 144 valence electrons. The fraction of sp³-hybridized carbons (Fsp3) is 0.550. The maximum absolute atomic E-state index is 12.5. The van der Waals surface area contributed by atoms with E-state index < -0.39 is 0 Å². The van der Waals surface area contributed by atoms with Gasteiger partial charge >= 0.3 is 0 Å². The lowest BCUT2D eigenvalue weighted by Crippen LogP contribution is -2.44. The molecular weight excluding hydrogens is 378 g/mol. The van der Waals surface area contributed by atoms with Gasteiger partial charge in [-0.15, -0.1) is 23.1 Å². The molecule has 7 heteroatoms. The van der Waals surface area contributed by atoms with Gasteiger partial charge in [-0.3, -0.25) is 9.59 Å². The van der Waals surface area contributed by atoms with E-state index in [1.54, 1.807) is 23.1 Å². The number of carbonyl (C=O) groups is 2. The molecule has 1 aromatic carbocycles. The molecule has 0 radical (unpaired) electrons. The Hall–Kier alpha value is -1.60. The number of likely N-dealkylation sites (tertiary alicyclic amines) is 2. The largest absolute Gasteiger partial charge is 0.342 e. The summed E-state index contributed by atoms with van der Waals surface area (Å²) in [7, 11) is 0. The van der Waals surface area contributed by atoms with Crippen molar-refractivity contribution in [2.24, 2.45) is 5.92 Å². The van der Waals surface area contributed by atoms with Crippen molar-refractivity contribution in [2.45, 2.75) is 31.4 Å². The van der Waals surface area contributed by atoms with Crippen LogP contribution in [0.3, 0.4) is 0 Å². The van der Waals surface area contributed by atoms with Crippen LogP contribution in [-0.4, -0.2) is 58.5 Å². The first-order valence-corrected chi connectivity index (χ1v) is 11.7. The van der Waals surface area contributed by atoms with Crippen LogP contribution >= 0.6 is 23.1 Å². The molecule has 1 aromatic heterocycles. The van der Waals surface area contributed by atoms with Gasteiger partial charge in [0.15, 0.2) is 0 Å². The van der Waals surface area contributed by atoms with Crippen molar-refractivity contribution in [3.8, 4) is 0 Å². The topological polar surface area (TPSA) is 53.5 Å². The summed E-state index contributed by atoms with van der Waals surface area (Å²) in [6.45, 7) is 3.26. The molecule has 4 rings (SSSR count). The molecular formula is C20H25N3O2S2. The van der Waals surface area contributed by atoms with Crippen molar-refractivity contribution in [3.05, 3.63) is 29.3 Å². The van der Waals surface area contributed by atoms with Crippen LogP contribution in [0.25, 0.3) is 10.2 Å². The zero-order valence-corrected chi connectivity index (χ0v) is 17.1. The average Bonchev–Trinajstić information content (AvgIpc) is 3.37. The summed E-state index contributed by atoms with van der Waals surface area (Å²) in [5.74, 6) is 1.87. The number of piperidine rings is 1. The van der Waals surface area contributed by atoms with E-state index >= 15 is 0 Å². The van der Waals surface area contributed by atoms with Crippen molar-refractivity contribution in [2.75, 3.05) is 31.9 Å². The number of thioether (sulfide) groups is 1. The quantitative estimate of drug-likeness (QED) is 0.768. The molecule has 27 heavy (non-hydrogen) atoms. The van der Waals surface area contributed by atoms with Crippen molar-refractivity contribution < 1.29 is 9.59 Å². The second-order valence-electron chi connectivity index (χ2n) is 7.26. The molecule has 2 aliphatic heterocycles. The van der Waals surface area contributed by atoms with Crippen LogP contribution in [0.2, 0.25) is 0 Å². The number of fused-ring (bicyclic) bond motifs is 1. The number of hydrogen-bond acceptors (Lipinski definition) is 5. The molecule has 3 heterocycles. The Morgan fingerprint density at radius 2 is 1.81 bits per heavy atom. The van der Waals surface area contributed by atoms with Gasteiger partial charge in [-0.2, -0.15) is 0 Å². The van der Waals surface area contributed by atoms with Crippen LogP contribution in [0.1, 0.15) is 30.7 Å². The lowest BCUT2D eigenvalue weighted by molar-refractivity contribution is -0.139. The van der Waals surface area contributed by atoms with E-state index in [0.717, 1.165) is 55.0 Å². The Bertz CT molecular complexity index is 775. The van der Waals surface area contributed by atoms with E-state index in [-0.39, 0.29) is 11.8 Å². The number of hydrogen-bond donors (Lipinski definition) is 0. The van der Waals surface area contributed by atoms with E-state index in [1.807, 2.05) is 28.0 Å². The molecule has 2 aromatic rings. The summed E-state index contributed by atoms with van der Waals surface area (Å²) in [5.41, 5.74) is 1.04. The number of nitrogens with zero attached hydrogens (tertiary/aromatic N) is 3. The van der Waals surface area contributed by atoms with Crippen molar-refractivity contribution in [1.29, 1.82) is 0 Å². The first-order chi connectivity index (χ1) is 13.2. The zero-order chi connectivity index (χ0) is 18.6. The van der Waals surface area contributed by atoms with Gasteiger partial charge in [-0.05, 0) is 37.8 Å². The van der Waals surface area contributed by atoms with E-state index in [4.69, 9.17) is 0 Å². The van der Waals surface area contributed by atoms with Gasteiger partial charge in [0.2, 0.25) is 11.8 Å². The fourth-order valence-electron chi connectivity index (χ4n) is 3.87. The molecule has 0 unspecified atom stereocenters. The third-order valence-electron chi connectivity index (χ3n) is 5.40. The molecule has 2 saturated heterocycles. The molecule has 5 nitrogen and oxygen atoms in total. The number of thiazole rings is 1. The Balaban J connectivity index is 1.20. The second-order valence-corrected chi connectivity index (χ2v) is 9.36. The van der Waals surface area contributed by atoms with Gasteiger partial charge in [-0.25, -0.2) is 4.98 Å². The van der Waals surface area contributed by atoms with Gasteiger partial charge in [-0.1, -0.05) is 12.1 Å². The van der Waals surface area contributed by atoms with Crippen LogP contribution in [-0.2, 0) is 15.3 Å². The van der Waals surface area contributed by atoms with Crippen LogP contribution in [0.15, 0.2) is 24.3 Å². The molecule has 2 aliphatic rings. The molecule has 0 N–H and O–H groups in total. The van der Waals surface area contributed by atoms with Gasteiger partial charge < -0.3 is 9.80 Å². The SMILES string of the molecule is O=C(CSCc1nc2ccccc2s1)N1CCC(C(=O)N2CCCC2)CC1. The first kappa shape index (κ1) is 18.7.